The molecule has 13 heteroatoms. The number of Topliss-reactive ketones (excluding diaryl/α,β-unsaturated/α-hetero) is 1. The van der Waals surface area contributed by atoms with Crippen molar-refractivity contribution in [1.29, 1.82) is 0 Å². The number of fused-ring (bicyclic) bond motifs is 1. The molecule has 0 radical (unpaired) electrons. The molecule has 0 spiro atoms. The maximum atomic E-state index is 14.3. The number of likely N-dealkylation sites (tertiary alicyclic amines) is 1. The lowest BCUT2D eigenvalue weighted by Gasteiger charge is -2.35. The molecule has 1 aromatic carbocycles. The maximum Gasteiger partial charge on any atom is 0.319 e. The zero-order chi connectivity index (χ0) is 33.9. The third-order valence-electron chi connectivity index (χ3n) is 8.48. The Kier molecular flexibility index (Phi) is 10.5. The van der Waals surface area contributed by atoms with Crippen LogP contribution in [0.4, 0.5) is 4.79 Å². The Balaban J connectivity index is 1.41. The summed E-state index contributed by atoms with van der Waals surface area (Å²) in [4.78, 5) is 65.3. The maximum absolute atomic E-state index is 14.3. The van der Waals surface area contributed by atoms with E-state index >= 15 is 0 Å². The van der Waals surface area contributed by atoms with Crippen LogP contribution in [0.15, 0.2) is 54.9 Å². The van der Waals surface area contributed by atoms with E-state index in [2.05, 4.69) is 32.5 Å². The van der Waals surface area contributed by atoms with Crippen molar-refractivity contribution in [2.45, 2.75) is 84.0 Å². The van der Waals surface area contributed by atoms with E-state index in [4.69, 9.17) is 16.3 Å². The Morgan fingerprint density at radius 1 is 1.13 bits per heavy atom. The number of ketones is 1. The summed E-state index contributed by atoms with van der Waals surface area (Å²) in [5.41, 5.74) is 0.436. The number of aromatic nitrogens is 2. The van der Waals surface area contributed by atoms with Gasteiger partial charge in [0.2, 0.25) is 23.5 Å². The Labute approximate surface area is 283 Å². The number of hydrogen-bond acceptors (Lipinski definition) is 8. The van der Waals surface area contributed by atoms with E-state index in [-0.39, 0.29) is 18.7 Å². The number of allylic oxidation sites excluding steroid dienone is 1. The van der Waals surface area contributed by atoms with Crippen LogP contribution in [0.3, 0.4) is 0 Å². The summed E-state index contributed by atoms with van der Waals surface area (Å²) >= 11 is 7.30. The number of nitrogens with zero attached hydrogens (tertiary/aromatic N) is 3. The van der Waals surface area contributed by atoms with Gasteiger partial charge in [-0.15, -0.1) is 11.3 Å². The van der Waals surface area contributed by atoms with Gasteiger partial charge in [-0.1, -0.05) is 70.3 Å². The van der Waals surface area contributed by atoms with Crippen LogP contribution in [0.5, 0.6) is 5.88 Å². The second-order valence-corrected chi connectivity index (χ2v) is 14.9. The van der Waals surface area contributed by atoms with Crippen LogP contribution in [-0.4, -0.2) is 69.3 Å². The zero-order valence-electron chi connectivity index (χ0n) is 27.0. The van der Waals surface area contributed by atoms with Gasteiger partial charge in [-0.2, -0.15) is 0 Å². The number of thiazole rings is 1. The average molecular weight is 681 g/mol. The highest BCUT2D eigenvalue weighted by molar-refractivity contribution is 7.20. The van der Waals surface area contributed by atoms with Crippen molar-refractivity contribution in [2.75, 3.05) is 6.54 Å². The molecular weight excluding hydrogens is 640 g/mol. The normalized spacial score (nSPS) is 19.4. The molecule has 0 bridgehead atoms. The Hall–Kier alpha value is -4.03. The fraction of sp³-hybridized carbons (Fsp3) is 0.471. The smallest absolute Gasteiger partial charge is 0.319 e. The lowest BCUT2D eigenvalue weighted by atomic mass is 9.80. The van der Waals surface area contributed by atoms with Gasteiger partial charge in [0.05, 0.1) is 27.8 Å². The first-order chi connectivity index (χ1) is 22.3. The predicted molar refractivity (Wildman–Crippen MR) is 181 cm³/mol. The van der Waals surface area contributed by atoms with Crippen LogP contribution >= 0.6 is 22.9 Å². The van der Waals surface area contributed by atoms with Crippen molar-refractivity contribution in [3.63, 3.8) is 0 Å². The summed E-state index contributed by atoms with van der Waals surface area (Å²) in [6.45, 7) is 10.9. The van der Waals surface area contributed by atoms with Gasteiger partial charge in [-0.3, -0.25) is 14.4 Å². The van der Waals surface area contributed by atoms with E-state index in [1.807, 2.05) is 45.0 Å². The lowest BCUT2D eigenvalue weighted by Crippen LogP contribution is -2.59. The molecule has 11 nitrogen and oxygen atoms in total. The van der Waals surface area contributed by atoms with Crippen LogP contribution in [0.1, 0.15) is 69.6 Å². The third-order valence-corrected chi connectivity index (χ3v) is 9.76. The number of benzene rings is 1. The number of ether oxygens (including phenoxy) is 1. The van der Waals surface area contributed by atoms with Gasteiger partial charge in [-0.05, 0) is 42.9 Å². The fourth-order valence-corrected chi connectivity index (χ4v) is 6.91. The second kappa shape index (κ2) is 14.4. The number of rotatable bonds is 11. The van der Waals surface area contributed by atoms with E-state index in [1.54, 1.807) is 19.1 Å². The summed E-state index contributed by atoms with van der Waals surface area (Å²) in [5.74, 6) is -0.545. The standard InChI is InChI=1S/C34H41ClN6O5S/c1-19(2)37-33(45)40-29(34(3,4)5)32(44)41-18-22(46-27-14-13-21(35)17-36-27)16-25(41)30(43)38-24(15-20-9-8-10-20)28(42)31-39-23-11-6-7-12-26(23)47-31/h6-7,11-14,17,20,22,24-25,29H,1,8-10,15-16,18H2,2-5H3,(H,38,43)(H2,37,40,45)/t22-,24?,25+,29-/m1/s1. The first-order valence-electron chi connectivity index (χ1n) is 15.8. The van der Waals surface area contributed by atoms with Crippen LogP contribution in [0.25, 0.3) is 10.2 Å². The molecule has 1 unspecified atom stereocenters. The molecule has 47 heavy (non-hydrogen) atoms. The second-order valence-electron chi connectivity index (χ2n) is 13.4. The van der Waals surface area contributed by atoms with E-state index in [1.165, 1.54) is 22.4 Å². The highest BCUT2D eigenvalue weighted by Crippen LogP contribution is 2.33. The number of amides is 4. The number of pyridine rings is 1. The van der Waals surface area contributed by atoms with Gasteiger partial charge in [0, 0.05) is 24.4 Å². The molecule has 2 aliphatic rings. The first-order valence-corrected chi connectivity index (χ1v) is 17.0. The summed E-state index contributed by atoms with van der Waals surface area (Å²) in [5, 5.41) is 9.14. The van der Waals surface area contributed by atoms with Crippen molar-refractivity contribution in [1.82, 2.24) is 30.8 Å². The number of nitrogens with one attached hydrogen (secondary N) is 3. The average Bonchev–Trinajstić information content (AvgIpc) is 3.61. The van der Waals surface area contributed by atoms with Gasteiger partial charge in [0.15, 0.2) is 5.01 Å². The Morgan fingerprint density at radius 3 is 2.49 bits per heavy atom. The van der Waals surface area contributed by atoms with Gasteiger partial charge in [0.1, 0.15) is 18.2 Å². The number of halogens is 1. The molecule has 3 N–H and O–H groups in total. The molecular formula is C34H41ClN6O5S. The van der Waals surface area contributed by atoms with Crippen molar-refractivity contribution in [2.24, 2.45) is 11.3 Å². The third kappa shape index (κ3) is 8.47. The molecule has 2 aromatic heterocycles. The molecule has 4 amide bonds. The lowest BCUT2D eigenvalue weighted by molar-refractivity contribution is -0.142. The topological polar surface area (TPSA) is 143 Å². The quantitative estimate of drug-likeness (QED) is 0.227. The number of para-hydroxylation sites is 1. The molecule has 250 valence electrons. The minimum absolute atomic E-state index is 0.0662. The Bertz CT molecular complexity index is 1620. The van der Waals surface area contributed by atoms with Crippen LogP contribution in [-0.2, 0) is 9.59 Å². The largest absolute Gasteiger partial charge is 0.472 e. The molecule has 1 saturated carbocycles. The number of hydrogen-bond donors (Lipinski definition) is 3. The first kappa shape index (κ1) is 34.3. The summed E-state index contributed by atoms with van der Waals surface area (Å²) in [6, 6.07) is 7.46. The van der Waals surface area contributed by atoms with Crippen molar-refractivity contribution in [3.8, 4) is 5.88 Å². The molecule has 5 rings (SSSR count). The molecule has 1 saturated heterocycles. The Morgan fingerprint density at radius 2 is 1.87 bits per heavy atom. The monoisotopic (exact) mass is 680 g/mol. The molecule has 3 aromatic rings. The molecule has 2 fully saturated rings. The van der Waals surface area contributed by atoms with Gasteiger partial charge >= 0.3 is 6.03 Å². The van der Waals surface area contributed by atoms with E-state index in [9.17, 15) is 19.2 Å². The molecule has 1 aliphatic heterocycles. The molecule has 3 heterocycles. The minimum Gasteiger partial charge on any atom is -0.472 e. The molecule has 1 aliphatic carbocycles. The SMILES string of the molecule is C=C(C)NC(=O)N[C@H](C(=O)N1C[C@H](Oc2ccc(Cl)cn2)C[C@H]1C(=O)NC(CC1CCC1)C(=O)c1nc2ccccc2s1)C(C)(C)C. The summed E-state index contributed by atoms with van der Waals surface area (Å²) in [6.07, 6.45) is 4.58. The van der Waals surface area contributed by atoms with E-state index in [0.717, 1.165) is 29.5 Å². The predicted octanol–water partition coefficient (Wildman–Crippen LogP) is 5.50. The number of carbonyl (C=O) groups excluding carboxylic acids is 4. The highest BCUT2D eigenvalue weighted by atomic mass is 35.5. The number of urea groups is 1. The highest BCUT2D eigenvalue weighted by Gasteiger charge is 2.46. The van der Waals surface area contributed by atoms with Crippen molar-refractivity contribution >= 4 is 56.8 Å². The fourth-order valence-electron chi connectivity index (χ4n) is 5.84. The van der Waals surface area contributed by atoms with Gasteiger partial charge in [-0.25, -0.2) is 14.8 Å². The number of carbonyl (C=O) groups is 4. The van der Waals surface area contributed by atoms with E-state index < -0.39 is 47.5 Å². The summed E-state index contributed by atoms with van der Waals surface area (Å²) < 4.78 is 7.00. The van der Waals surface area contributed by atoms with E-state index in [0.29, 0.717) is 33.9 Å². The minimum atomic E-state index is -0.986. The molecule has 4 atom stereocenters. The van der Waals surface area contributed by atoms with Gasteiger partial charge in [0.25, 0.3) is 0 Å². The summed E-state index contributed by atoms with van der Waals surface area (Å²) in [7, 11) is 0. The van der Waals surface area contributed by atoms with Crippen LogP contribution < -0.4 is 20.7 Å². The zero-order valence-corrected chi connectivity index (χ0v) is 28.6. The van der Waals surface area contributed by atoms with Crippen LogP contribution in [0.2, 0.25) is 5.02 Å². The van der Waals surface area contributed by atoms with Gasteiger partial charge < -0.3 is 25.6 Å². The van der Waals surface area contributed by atoms with Crippen molar-refractivity contribution in [3.05, 3.63) is 64.9 Å². The van der Waals surface area contributed by atoms with Crippen molar-refractivity contribution < 1.29 is 23.9 Å². The van der Waals surface area contributed by atoms with Crippen LogP contribution in [0, 0.1) is 11.3 Å².